The molecule has 10 nitrogen and oxygen atoms in total. The topological polar surface area (TPSA) is 137 Å². The molecule has 0 radical (unpaired) electrons. The molecule has 1 aromatic heterocycles. The van der Waals surface area contributed by atoms with E-state index in [0.717, 1.165) is 48.9 Å². The molecule has 0 unspecified atom stereocenters. The standard InChI is InChI=1S/C26H34BrN7O3S/c1-18(2)24(35)32-38(36,37)23-9-5-20(6-10-23)17-34(14-11-19-3-7-21(27)8-4-19)22-12-15-33(16-13-22)26-29-25(28)30-31-26/h3-10,18,22H,11-17H2,1-2H3,(H,32,35)(H3,28,29,30,31). The van der Waals surface area contributed by atoms with Crippen molar-refractivity contribution in [1.29, 1.82) is 0 Å². The van der Waals surface area contributed by atoms with Crippen molar-refractivity contribution in [3.05, 3.63) is 64.1 Å². The summed E-state index contributed by atoms with van der Waals surface area (Å²) in [5.74, 6) is -0.000579. The molecule has 0 aliphatic carbocycles. The van der Waals surface area contributed by atoms with Gasteiger partial charge >= 0.3 is 0 Å². The minimum atomic E-state index is -3.90. The summed E-state index contributed by atoms with van der Waals surface area (Å²) >= 11 is 3.50. The van der Waals surface area contributed by atoms with Crippen LogP contribution < -0.4 is 15.4 Å². The number of anilines is 2. The normalized spacial score (nSPS) is 14.8. The molecule has 204 valence electrons. The van der Waals surface area contributed by atoms with Gasteiger partial charge in [0.15, 0.2) is 0 Å². The average molecular weight is 605 g/mol. The van der Waals surface area contributed by atoms with Crippen molar-refractivity contribution in [2.24, 2.45) is 5.92 Å². The van der Waals surface area contributed by atoms with Crippen molar-refractivity contribution in [1.82, 2.24) is 24.8 Å². The molecule has 2 aromatic carbocycles. The Kier molecular flexibility index (Phi) is 9.06. The molecule has 12 heteroatoms. The fourth-order valence-electron chi connectivity index (χ4n) is 4.47. The van der Waals surface area contributed by atoms with Crippen molar-refractivity contribution < 1.29 is 13.2 Å². The van der Waals surface area contributed by atoms with Crippen molar-refractivity contribution in [2.45, 2.75) is 50.6 Å². The number of nitrogens with one attached hydrogen (secondary N) is 2. The lowest BCUT2D eigenvalue weighted by Gasteiger charge is -2.38. The Morgan fingerprint density at radius 3 is 2.34 bits per heavy atom. The number of nitrogen functional groups attached to an aromatic ring is 1. The summed E-state index contributed by atoms with van der Waals surface area (Å²) in [6.45, 7) is 6.51. The fourth-order valence-corrected chi connectivity index (χ4v) is 5.85. The van der Waals surface area contributed by atoms with Gasteiger partial charge in [0, 0.05) is 42.6 Å². The maximum Gasteiger partial charge on any atom is 0.264 e. The molecule has 2 heterocycles. The highest BCUT2D eigenvalue weighted by Gasteiger charge is 2.27. The number of benzene rings is 2. The van der Waals surface area contributed by atoms with E-state index < -0.39 is 21.8 Å². The Morgan fingerprint density at radius 1 is 1.13 bits per heavy atom. The number of sulfonamides is 1. The number of carbonyl (C=O) groups excluding carboxylic acids is 1. The van der Waals surface area contributed by atoms with Crippen LogP contribution in [0.3, 0.4) is 0 Å². The Labute approximate surface area is 232 Å². The molecule has 4 N–H and O–H groups in total. The maximum atomic E-state index is 12.6. The second kappa shape index (κ2) is 12.3. The minimum absolute atomic E-state index is 0.0794. The van der Waals surface area contributed by atoms with E-state index in [2.05, 4.69) is 69.9 Å². The predicted octanol–water partition coefficient (Wildman–Crippen LogP) is 3.32. The largest absolute Gasteiger partial charge is 0.368 e. The number of carbonyl (C=O) groups is 1. The van der Waals surface area contributed by atoms with E-state index >= 15 is 0 Å². The third kappa shape index (κ3) is 7.33. The Bertz CT molecular complexity index is 1320. The lowest BCUT2D eigenvalue weighted by molar-refractivity contribution is -0.122. The smallest absolute Gasteiger partial charge is 0.264 e. The number of aromatic nitrogens is 3. The monoisotopic (exact) mass is 603 g/mol. The number of rotatable bonds is 10. The minimum Gasteiger partial charge on any atom is -0.368 e. The number of H-pyrrole nitrogens is 1. The number of hydrogen-bond donors (Lipinski definition) is 3. The molecule has 0 saturated carbocycles. The maximum absolute atomic E-state index is 12.6. The van der Waals surface area contributed by atoms with E-state index in [4.69, 9.17) is 5.73 Å². The van der Waals surface area contributed by atoms with Gasteiger partial charge < -0.3 is 10.6 Å². The second-order valence-electron chi connectivity index (χ2n) is 9.85. The van der Waals surface area contributed by atoms with Crippen molar-refractivity contribution in [2.75, 3.05) is 30.3 Å². The van der Waals surface area contributed by atoms with Crippen LogP contribution >= 0.6 is 15.9 Å². The summed E-state index contributed by atoms with van der Waals surface area (Å²) in [4.78, 5) is 20.9. The van der Waals surface area contributed by atoms with Gasteiger partial charge in [-0.15, -0.1) is 5.10 Å². The van der Waals surface area contributed by atoms with Crippen LogP contribution in [0.5, 0.6) is 0 Å². The third-order valence-corrected chi connectivity index (χ3v) is 8.63. The first kappa shape index (κ1) is 28.1. The van der Waals surface area contributed by atoms with E-state index in [9.17, 15) is 13.2 Å². The highest BCUT2D eigenvalue weighted by Crippen LogP contribution is 2.23. The highest BCUT2D eigenvalue weighted by atomic mass is 79.9. The zero-order valence-electron chi connectivity index (χ0n) is 21.6. The summed E-state index contributed by atoms with van der Waals surface area (Å²) in [6.07, 6.45) is 2.80. The van der Waals surface area contributed by atoms with Gasteiger partial charge in [-0.3, -0.25) is 9.69 Å². The summed E-state index contributed by atoms with van der Waals surface area (Å²) in [7, 11) is -3.90. The highest BCUT2D eigenvalue weighted by molar-refractivity contribution is 9.10. The predicted molar refractivity (Wildman–Crippen MR) is 151 cm³/mol. The average Bonchev–Trinajstić information content (AvgIpc) is 3.34. The lowest BCUT2D eigenvalue weighted by atomic mass is 10.0. The molecule has 1 aliphatic rings. The quantitative estimate of drug-likeness (QED) is 0.321. The number of aromatic amines is 1. The Balaban J connectivity index is 1.45. The first-order chi connectivity index (χ1) is 18.1. The van der Waals surface area contributed by atoms with E-state index in [0.29, 0.717) is 24.5 Å². The molecular formula is C26H34BrN7O3S. The number of halogens is 1. The van der Waals surface area contributed by atoms with Gasteiger partial charge in [0.2, 0.25) is 17.8 Å². The summed E-state index contributed by atoms with van der Waals surface area (Å²) < 4.78 is 28.4. The number of hydrogen-bond acceptors (Lipinski definition) is 8. The first-order valence-corrected chi connectivity index (χ1v) is 15.0. The van der Waals surface area contributed by atoms with E-state index in [1.165, 1.54) is 5.56 Å². The molecule has 1 aliphatic heterocycles. The number of amides is 1. The van der Waals surface area contributed by atoms with Crippen molar-refractivity contribution in [3.8, 4) is 0 Å². The number of nitrogens with two attached hydrogens (primary N) is 1. The molecule has 4 rings (SSSR count). The molecule has 0 spiro atoms. The fraction of sp³-hybridized carbons (Fsp3) is 0.423. The molecular weight excluding hydrogens is 570 g/mol. The molecule has 38 heavy (non-hydrogen) atoms. The third-order valence-electron chi connectivity index (χ3n) is 6.73. The number of nitrogens with zero attached hydrogens (tertiary/aromatic N) is 4. The molecule has 0 bridgehead atoms. The van der Waals surface area contributed by atoms with E-state index in [1.807, 2.05) is 12.1 Å². The van der Waals surface area contributed by atoms with Crippen LogP contribution in [0.1, 0.15) is 37.8 Å². The van der Waals surface area contributed by atoms with Crippen molar-refractivity contribution in [3.63, 3.8) is 0 Å². The Morgan fingerprint density at radius 2 is 1.76 bits per heavy atom. The Hall–Kier alpha value is -2.96. The van der Waals surface area contributed by atoms with E-state index in [-0.39, 0.29) is 4.90 Å². The molecule has 1 amide bonds. The molecule has 0 atom stereocenters. The van der Waals surface area contributed by atoms with Gasteiger partial charge in [-0.25, -0.2) is 18.2 Å². The van der Waals surface area contributed by atoms with Gasteiger partial charge in [-0.1, -0.05) is 54.0 Å². The van der Waals surface area contributed by atoms with Crippen molar-refractivity contribution >= 4 is 43.8 Å². The molecule has 3 aromatic rings. The van der Waals surface area contributed by atoms with Gasteiger partial charge in [0.1, 0.15) is 0 Å². The van der Waals surface area contributed by atoms with Crippen LogP contribution in [0.15, 0.2) is 57.9 Å². The van der Waals surface area contributed by atoms with E-state index in [1.54, 1.807) is 26.0 Å². The first-order valence-electron chi connectivity index (χ1n) is 12.7. The van der Waals surface area contributed by atoms with Gasteiger partial charge in [0.05, 0.1) is 4.90 Å². The second-order valence-corrected chi connectivity index (χ2v) is 12.5. The molecule has 1 fully saturated rings. The SMILES string of the molecule is CC(C)C(=O)NS(=O)(=O)c1ccc(CN(CCc2ccc(Br)cc2)C2CCN(c3n[nH]c(N)n3)CC2)cc1. The van der Waals surface area contributed by atoms with Gasteiger partial charge in [-0.05, 0) is 54.7 Å². The summed E-state index contributed by atoms with van der Waals surface area (Å²) in [6, 6.07) is 15.5. The lowest BCUT2D eigenvalue weighted by Crippen LogP contribution is -2.45. The zero-order chi connectivity index (χ0) is 27.3. The van der Waals surface area contributed by atoms with Crippen LogP contribution in [-0.4, -0.2) is 60.1 Å². The summed E-state index contributed by atoms with van der Waals surface area (Å²) in [5.41, 5.74) is 7.97. The summed E-state index contributed by atoms with van der Waals surface area (Å²) in [5, 5.41) is 6.89. The van der Waals surface area contributed by atoms with Gasteiger partial charge in [-0.2, -0.15) is 4.98 Å². The van der Waals surface area contributed by atoms with Gasteiger partial charge in [0.25, 0.3) is 10.0 Å². The zero-order valence-corrected chi connectivity index (χ0v) is 24.0. The van der Waals surface area contributed by atoms with Crippen LogP contribution in [0.25, 0.3) is 0 Å². The molecule has 1 saturated heterocycles. The van der Waals surface area contributed by atoms with Crippen LogP contribution in [0.4, 0.5) is 11.9 Å². The van der Waals surface area contributed by atoms with Crippen LogP contribution in [0, 0.1) is 5.92 Å². The van der Waals surface area contributed by atoms with Crippen LogP contribution in [0.2, 0.25) is 0 Å². The van der Waals surface area contributed by atoms with Crippen LogP contribution in [-0.2, 0) is 27.8 Å². The number of piperidine rings is 1.